The van der Waals surface area contributed by atoms with Gasteiger partial charge in [-0.2, -0.15) is 0 Å². The molecule has 1 aliphatic carbocycles. The quantitative estimate of drug-likeness (QED) is 0.723. The third-order valence-electron chi connectivity index (χ3n) is 5.94. The first-order valence-corrected chi connectivity index (χ1v) is 10.4. The molecule has 0 unspecified atom stereocenters. The molecule has 0 saturated carbocycles. The first kappa shape index (κ1) is 18.8. The molecule has 1 saturated heterocycles. The number of aryl methyl sites for hydroxylation is 1. The van der Waals surface area contributed by atoms with Gasteiger partial charge in [0.1, 0.15) is 0 Å². The molecule has 1 aromatic carbocycles. The number of aromatic nitrogens is 1. The molecule has 2 aliphatic rings. The number of piperazine rings is 1. The second kappa shape index (κ2) is 7.91. The highest BCUT2D eigenvalue weighted by Gasteiger charge is 2.26. The van der Waals surface area contributed by atoms with Crippen LogP contribution in [0.5, 0.6) is 0 Å². The van der Waals surface area contributed by atoms with Gasteiger partial charge in [-0.25, -0.2) is 0 Å². The van der Waals surface area contributed by atoms with Crippen molar-refractivity contribution in [2.45, 2.75) is 19.3 Å². The number of hydrogen-bond donors (Lipinski definition) is 1. The summed E-state index contributed by atoms with van der Waals surface area (Å²) in [5, 5.41) is 4.17. The van der Waals surface area contributed by atoms with E-state index in [0.717, 1.165) is 41.5 Å². The Bertz CT molecular complexity index is 1090. The summed E-state index contributed by atoms with van der Waals surface area (Å²) in [6.07, 6.45) is 4.51. The fraction of sp³-hybridized carbons (Fsp3) is 0.348. The van der Waals surface area contributed by atoms with E-state index in [2.05, 4.69) is 10.2 Å². The lowest BCUT2D eigenvalue weighted by Crippen LogP contribution is -2.50. The van der Waals surface area contributed by atoms with Gasteiger partial charge in [0.2, 0.25) is 5.91 Å². The third-order valence-corrected chi connectivity index (χ3v) is 5.94. The number of amides is 2. The number of pyridine rings is 1. The number of hydrogen-bond acceptors (Lipinski definition) is 5. The van der Waals surface area contributed by atoms with Gasteiger partial charge in [0.25, 0.3) is 5.91 Å². The van der Waals surface area contributed by atoms with E-state index in [4.69, 9.17) is 9.40 Å². The van der Waals surface area contributed by atoms with Crippen molar-refractivity contribution >= 4 is 28.4 Å². The number of carbonyl (C=O) groups excluding carboxylic acids is 2. The van der Waals surface area contributed by atoms with Gasteiger partial charge in [0, 0.05) is 37.3 Å². The lowest BCUT2D eigenvalue weighted by molar-refractivity contribution is -0.117. The van der Waals surface area contributed by atoms with Crippen molar-refractivity contribution in [2.75, 3.05) is 38.0 Å². The fourth-order valence-electron chi connectivity index (χ4n) is 4.40. The van der Waals surface area contributed by atoms with E-state index in [0.29, 0.717) is 38.5 Å². The standard InChI is InChI=1S/C23H24N4O3/c28-21(15-26-10-12-27(13-11-26)23(29)20-9-4-14-30-20)25-22-16-5-1-2-7-18(16)24-19-8-3-6-17(19)22/h1-2,4-5,7,9,14H,3,6,8,10-13,15H2,(H,24,25,28). The second-order valence-corrected chi connectivity index (χ2v) is 7.88. The van der Waals surface area contributed by atoms with E-state index in [1.54, 1.807) is 17.0 Å². The molecule has 2 amide bonds. The number of furan rings is 1. The summed E-state index contributed by atoms with van der Waals surface area (Å²) in [6, 6.07) is 11.4. The van der Waals surface area contributed by atoms with Crippen molar-refractivity contribution < 1.29 is 14.0 Å². The monoisotopic (exact) mass is 404 g/mol. The molecule has 1 aliphatic heterocycles. The highest BCUT2D eigenvalue weighted by molar-refractivity contribution is 6.03. The molecule has 3 heterocycles. The molecule has 1 N–H and O–H groups in total. The minimum Gasteiger partial charge on any atom is -0.459 e. The summed E-state index contributed by atoms with van der Waals surface area (Å²) < 4.78 is 5.20. The van der Waals surface area contributed by atoms with Crippen molar-refractivity contribution in [3.8, 4) is 0 Å². The number of anilines is 1. The van der Waals surface area contributed by atoms with E-state index < -0.39 is 0 Å². The van der Waals surface area contributed by atoms with Gasteiger partial charge in [0.05, 0.1) is 24.0 Å². The molecule has 7 nitrogen and oxygen atoms in total. The molecular weight excluding hydrogens is 380 g/mol. The number of fused-ring (bicyclic) bond motifs is 2. The van der Waals surface area contributed by atoms with Crippen LogP contribution in [0.25, 0.3) is 10.9 Å². The molecule has 7 heteroatoms. The van der Waals surface area contributed by atoms with E-state index in [-0.39, 0.29) is 11.8 Å². The predicted octanol–water partition coefficient (Wildman–Crippen LogP) is 2.71. The minimum atomic E-state index is -0.0945. The fourth-order valence-corrected chi connectivity index (χ4v) is 4.40. The van der Waals surface area contributed by atoms with Crippen LogP contribution in [0.15, 0.2) is 47.1 Å². The Kier molecular flexibility index (Phi) is 4.96. The smallest absolute Gasteiger partial charge is 0.289 e. The Labute approximate surface area is 174 Å². The lowest BCUT2D eigenvalue weighted by atomic mass is 10.1. The van der Waals surface area contributed by atoms with Crippen LogP contribution in [0.1, 0.15) is 28.2 Å². The largest absolute Gasteiger partial charge is 0.459 e. The van der Waals surface area contributed by atoms with Crippen LogP contribution < -0.4 is 5.32 Å². The summed E-state index contributed by atoms with van der Waals surface area (Å²) >= 11 is 0. The van der Waals surface area contributed by atoms with Crippen LogP contribution in [-0.4, -0.2) is 59.3 Å². The summed E-state index contributed by atoms with van der Waals surface area (Å²) in [6.45, 7) is 2.80. The highest BCUT2D eigenvalue weighted by Crippen LogP contribution is 2.33. The highest BCUT2D eigenvalue weighted by atomic mass is 16.3. The number of nitrogens with zero attached hydrogens (tertiary/aromatic N) is 3. The molecule has 0 bridgehead atoms. The molecule has 3 aromatic rings. The van der Waals surface area contributed by atoms with Gasteiger partial charge in [-0.3, -0.25) is 19.5 Å². The summed E-state index contributed by atoms with van der Waals surface area (Å²) in [5.74, 6) is 0.244. The van der Waals surface area contributed by atoms with Crippen molar-refractivity contribution in [2.24, 2.45) is 0 Å². The summed E-state index contributed by atoms with van der Waals surface area (Å²) in [7, 11) is 0. The molecule has 0 atom stereocenters. The van der Waals surface area contributed by atoms with Gasteiger partial charge < -0.3 is 14.6 Å². The topological polar surface area (TPSA) is 78.7 Å². The Morgan fingerprint density at radius 3 is 2.67 bits per heavy atom. The number of nitrogens with one attached hydrogen (secondary N) is 1. The van der Waals surface area contributed by atoms with E-state index >= 15 is 0 Å². The van der Waals surface area contributed by atoms with Gasteiger partial charge in [0.15, 0.2) is 5.76 Å². The first-order chi connectivity index (χ1) is 14.7. The number of para-hydroxylation sites is 1. The average Bonchev–Trinajstić information content (AvgIpc) is 3.46. The molecule has 0 spiro atoms. The van der Waals surface area contributed by atoms with Crippen LogP contribution in [0, 0.1) is 0 Å². The van der Waals surface area contributed by atoms with Crippen LogP contribution in [0.3, 0.4) is 0 Å². The lowest BCUT2D eigenvalue weighted by Gasteiger charge is -2.33. The normalized spacial score (nSPS) is 16.6. The minimum absolute atomic E-state index is 0.0220. The predicted molar refractivity (Wildman–Crippen MR) is 113 cm³/mol. The molecule has 1 fully saturated rings. The number of carbonyl (C=O) groups is 2. The van der Waals surface area contributed by atoms with Gasteiger partial charge in [-0.15, -0.1) is 0 Å². The van der Waals surface area contributed by atoms with E-state index in [1.807, 2.05) is 24.3 Å². The van der Waals surface area contributed by atoms with Crippen LogP contribution in [0.4, 0.5) is 5.69 Å². The van der Waals surface area contributed by atoms with Crippen molar-refractivity contribution in [1.29, 1.82) is 0 Å². The van der Waals surface area contributed by atoms with Crippen LogP contribution >= 0.6 is 0 Å². The van der Waals surface area contributed by atoms with Crippen LogP contribution in [0.2, 0.25) is 0 Å². The Morgan fingerprint density at radius 2 is 1.87 bits per heavy atom. The Morgan fingerprint density at radius 1 is 1.03 bits per heavy atom. The zero-order valence-corrected chi connectivity index (χ0v) is 16.8. The van der Waals surface area contributed by atoms with Crippen molar-refractivity contribution in [3.63, 3.8) is 0 Å². The molecule has 154 valence electrons. The van der Waals surface area contributed by atoms with E-state index in [1.165, 1.54) is 11.8 Å². The summed E-state index contributed by atoms with van der Waals surface area (Å²) in [4.78, 5) is 33.9. The van der Waals surface area contributed by atoms with Gasteiger partial charge >= 0.3 is 0 Å². The Balaban J connectivity index is 1.24. The maximum absolute atomic E-state index is 12.9. The zero-order valence-electron chi connectivity index (χ0n) is 16.8. The number of rotatable bonds is 4. The first-order valence-electron chi connectivity index (χ1n) is 10.4. The molecule has 2 aromatic heterocycles. The molecule has 30 heavy (non-hydrogen) atoms. The zero-order chi connectivity index (χ0) is 20.5. The SMILES string of the molecule is O=C(CN1CCN(C(=O)c2ccco2)CC1)Nc1c2c(nc3ccccc13)CCC2. The van der Waals surface area contributed by atoms with Gasteiger partial charge in [-0.1, -0.05) is 18.2 Å². The molecular formula is C23H24N4O3. The third kappa shape index (κ3) is 3.57. The summed E-state index contributed by atoms with van der Waals surface area (Å²) in [5.41, 5.74) is 4.13. The number of benzene rings is 1. The molecule has 0 radical (unpaired) electrons. The Hall–Kier alpha value is -3.19. The van der Waals surface area contributed by atoms with Crippen LogP contribution in [-0.2, 0) is 17.6 Å². The maximum Gasteiger partial charge on any atom is 0.289 e. The molecule has 5 rings (SSSR count). The van der Waals surface area contributed by atoms with Gasteiger partial charge in [-0.05, 0) is 43.0 Å². The van der Waals surface area contributed by atoms with E-state index in [9.17, 15) is 9.59 Å². The maximum atomic E-state index is 12.9. The average molecular weight is 404 g/mol. The van der Waals surface area contributed by atoms with Crippen molar-refractivity contribution in [1.82, 2.24) is 14.8 Å². The second-order valence-electron chi connectivity index (χ2n) is 7.88. The van der Waals surface area contributed by atoms with Crippen molar-refractivity contribution in [3.05, 3.63) is 59.7 Å².